The third-order valence-electron chi connectivity index (χ3n) is 4.81. The van der Waals surface area contributed by atoms with Gasteiger partial charge in [-0.1, -0.05) is 41.9 Å². The highest BCUT2D eigenvalue weighted by Crippen LogP contribution is 2.26. The molecule has 3 aromatic rings. The number of carbonyl (C=O) groups excluding carboxylic acids is 1. The third-order valence-corrected chi connectivity index (χ3v) is 5.14. The molecule has 1 saturated heterocycles. The summed E-state index contributed by atoms with van der Waals surface area (Å²) in [7, 11) is 0. The van der Waals surface area contributed by atoms with E-state index in [1.165, 1.54) is 6.07 Å². The Hall–Kier alpha value is -3.19. The summed E-state index contributed by atoms with van der Waals surface area (Å²) >= 11 is 6.22. The quantitative estimate of drug-likeness (QED) is 0.698. The maximum atomic E-state index is 13.7. The summed E-state index contributed by atoms with van der Waals surface area (Å²) in [5.41, 5.74) is 1.73. The highest BCUT2D eigenvalue weighted by atomic mass is 35.5. The first-order chi connectivity index (χ1) is 14.1. The normalized spacial score (nSPS) is 14.0. The van der Waals surface area contributed by atoms with Crippen LogP contribution in [0.5, 0.6) is 0 Å². The summed E-state index contributed by atoms with van der Waals surface area (Å²) < 4.78 is 13.7. The van der Waals surface area contributed by atoms with Crippen molar-refractivity contribution >= 4 is 29.1 Å². The van der Waals surface area contributed by atoms with Gasteiger partial charge in [0, 0.05) is 31.7 Å². The van der Waals surface area contributed by atoms with Gasteiger partial charge in [-0.15, -0.1) is 10.2 Å². The lowest BCUT2D eigenvalue weighted by molar-refractivity contribution is 0.208. The SMILES string of the molecule is O=C(Nc1ccccc1F)N1CCN(c2ccc(-c3ccccc3Cl)nn2)CC1. The van der Waals surface area contributed by atoms with E-state index in [1.807, 2.05) is 36.4 Å². The molecule has 0 saturated carbocycles. The van der Waals surface area contributed by atoms with E-state index in [0.717, 1.165) is 11.4 Å². The Labute approximate surface area is 172 Å². The Kier molecular flexibility index (Phi) is 5.57. The molecule has 1 N–H and O–H groups in total. The average molecular weight is 412 g/mol. The van der Waals surface area contributed by atoms with Crippen molar-refractivity contribution in [3.05, 3.63) is 71.5 Å². The lowest BCUT2D eigenvalue weighted by Crippen LogP contribution is -2.50. The van der Waals surface area contributed by atoms with Crippen molar-refractivity contribution in [1.29, 1.82) is 0 Å². The molecule has 2 amide bonds. The second-order valence-corrected chi connectivity index (χ2v) is 7.05. The first kappa shape index (κ1) is 19.1. The molecule has 0 atom stereocenters. The van der Waals surface area contributed by atoms with Crippen molar-refractivity contribution in [2.75, 3.05) is 36.4 Å². The van der Waals surface area contributed by atoms with Crippen molar-refractivity contribution in [2.24, 2.45) is 0 Å². The molecule has 1 aliphatic rings. The van der Waals surface area contributed by atoms with Crippen LogP contribution in [0.2, 0.25) is 5.02 Å². The Morgan fingerprint density at radius 2 is 1.66 bits per heavy atom. The number of amides is 2. The smallest absolute Gasteiger partial charge is 0.322 e. The van der Waals surface area contributed by atoms with Crippen LogP contribution < -0.4 is 10.2 Å². The molecule has 2 aromatic carbocycles. The zero-order valence-electron chi connectivity index (χ0n) is 15.6. The summed E-state index contributed by atoms with van der Waals surface area (Å²) in [5.74, 6) is 0.295. The summed E-state index contributed by atoms with van der Waals surface area (Å²) in [6, 6.07) is 17.1. The van der Waals surface area contributed by atoms with E-state index < -0.39 is 5.82 Å². The molecule has 0 bridgehead atoms. The van der Waals surface area contributed by atoms with Crippen LogP contribution in [0.1, 0.15) is 0 Å². The minimum atomic E-state index is -0.451. The van der Waals surface area contributed by atoms with Gasteiger partial charge >= 0.3 is 6.03 Å². The molecule has 1 aliphatic heterocycles. The number of halogens is 2. The van der Waals surface area contributed by atoms with Crippen molar-refractivity contribution in [2.45, 2.75) is 0 Å². The van der Waals surface area contributed by atoms with E-state index in [9.17, 15) is 9.18 Å². The number of hydrogen-bond acceptors (Lipinski definition) is 4. The van der Waals surface area contributed by atoms with Crippen LogP contribution in [-0.2, 0) is 0 Å². The minimum absolute atomic E-state index is 0.181. The molecule has 0 spiro atoms. The van der Waals surface area contributed by atoms with Gasteiger partial charge in [-0.2, -0.15) is 0 Å². The Balaban J connectivity index is 1.36. The molecule has 148 valence electrons. The molecule has 0 radical (unpaired) electrons. The van der Waals surface area contributed by atoms with Gasteiger partial charge in [0.15, 0.2) is 5.82 Å². The number of anilines is 2. The lowest BCUT2D eigenvalue weighted by atomic mass is 10.1. The number of urea groups is 1. The molecule has 8 heteroatoms. The monoisotopic (exact) mass is 411 g/mol. The number of benzene rings is 2. The molecular weight excluding hydrogens is 393 g/mol. The van der Waals surface area contributed by atoms with Gasteiger partial charge in [-0.05, 0) is 30.3 Å². The third kappa shape index (κ3) is 4.30. The van der Waals surface area contributed by atoms with Gasteiger partial charge in [-0.3, -0.25) is 0 Å². The molecule has 2 heterocycles. The van der Waals surface area contributed by atoms with Crippen molar-refractivity contribution in [3.8, 4) is 11.3 Å². The van der Waals surface area contributed by atoms with Crippen LogP contribution >= 0.6 is 11.6 Å². The van der Waals surface area contributed by atoms with Crippen LogP contribution in [0.25, 0.3) is 11.3 Å². The van der Waals surface area contributed by atoms with Crippen LogP contribution in [-0.4, -0.2) is 47.3 Å². The van der Waals surface area contributed by atoms with Crippen molar-refractivity contribution in [3.63, 3.8) is 0 Å². The molecule has 1 fully saturated rings. The topological polar surface area (TPSA) is 61.4 Å². The number of nitrogens with one attached hydrogen (secondary N) is 1. The minimum Gasteiger partial charge on any atom is -0.352 e. The fourth-order valence-electron chi connectivity index (χ4n) is 3.20. The number of para-hydroxylation sites is 1. The van der Waals surface area contributed by atoms with Crippen molar-refractivity contribution < 1.29 is 9.18 Å². The zero-order chi connectivity index (χ0) is 20.2. The molecule has 1 aromatic heterocycles. The molecule has 29 heavy (non-hydrogen) atoms. The molecule has 6 nitrogen and oxygen atoms in total. The number of hydrogen-bond donors (Lipinski definition) is 1. The second kappa shape index (κ2) is 8.45. The lowest BCUT2D eigenvalue weighted by Gasteiger charge is -2.35. The maximum absolute atomic E-state index is 13.7. The standard InChI is InChI=1S/C21H19ClFN5O/c22-16-6-2-1-5-15(16)18-9-10-20(26-25-18)27-11-13-28(14-12-27)21(29)24-19-8-4-3-7-17(19)23/h1-10H,11-14H2,(H,24,29). The van der Waals surface area contributed by atoms with Crippen LogP contribution in [0.3, 0.4) is 0 Å². The Morgan fingerprint density at radius 1 is 0.931 bits per heavy atom. The second-order valence-electron chi connectivity index (χ2n) is 6.64. The first-order valence-electron chi connectivity index (χ1n) is 9.26. The predicted molar refractivity (Wildman–Crippen MR) is 112 cm³/mol. The van der Waals surface area contributed by atoms with Gasteiger partial charge in [0.2, 0.25) is 0 Å². The van der Waals surface area contributed by atoms with Crippen LogP contribution in [0.4, 0.5) is 20.7 Å². The fourth-order valence-corrected chi connectivity index (χ4v) is 3.43. The number of aromatic nitrogens is 2. The number of piperazine rings is 1. The van der Waals surface area contributed by atoms with E-state index in [-0.39, 0.29) is 11.7 Å². The first-order valence-corrected chi connectivity index (χ1v) is 9.63. The van der Waals surface area contributed by atoms with E-state index in [0.29, 0.717) is 36.9 Å². The van der Waals surface area contributed by atoms with E-state index in [2.05, 4.69) is 20.4 Å². The maximum Gasteiger partial charge on any atom is 0.322 e. The van der Waals surface area contributed by atoms with E-state index in [4.69, 9.17) is 11.6 Å². The molecule has 0 aliphatic carbocycles. The average Bonchev–Trinajstić information content (AvgIpc) is 2.76. The van der Waals surface area contributed by atoms with Crippen LogP contribution in [0, 0.1) is 5.82 Å². The number of rotatable bonds is 3. The highest BCUT2D eigenvalue weighted by Gasteiger charge is 2.23. The van der Waals surface area contributed by atoms with Gasteiger partial charge < -0.3 is 15.1 Å². The van der Waals surface area contributed by atoms with Gasteiger partial charge in [0.1, 0.15) is 5.82 Å². The predicted octanol–water partition coefficient (Wildman–Crippen LogP) is 4.29. The number of nitrogens with zero attached hydrogens (tertiary/aromatic N) is 4. The molecular formula is C21H19ClFN5O. The van der Waals surface area contributed by atoms with E-state index >= 15 is 0 Å². The van der Waals surface area contributed by atoms with Crippen molar-refractivity contribution in [1.82, 2.24) is 15.1 Å². The summed E-state index contributed by atoms with van der Waals surface area (Å²) in [5, 5.41) is 11.9. The molecule has 0 unspecified atom stereocenters. The summed E-state index contributed by atoms with van der Waals surface area (Å²) in [6.07, 6.45) is 0. The Morgan fingerprint density at radius 3 is 2.34 bits per heavy atom. The van der Waals surface area contributed by atoms with Gasteiger partial charge in [0.05, 0.1) is 16.4 Å². The van der Waals surface area contributed by atoms with E-state index in [1.54, 1.807) is 23.1 Å². The Bertz CT molecular complexity index is 1010. The fraction of sp³-hybridized carbons (Fsp3) is 0.190. The summed E-state index contributed by atoms with van der Waals surface area (Å²) in [4.78, 5) is 16.1. The zero-order valence-corrected chi connectivity index (χ0v) is 16.3. The summed E-state index contributed by atoms with van der Waals surface area (Å²) in [6.45, 7) is 2.25. The highest BCUT2D eigenvalue weighted by molar-refractivity contribution is 6.33. The van der Waals surface area contributed by atoms with Gasteiger partial charge in [0.25, 0.3) is 0 Å². The number of carbonyl (C=O) groups is 1. The molecule has 4 rings (SSSR count). The van der Waals surface area contributed by atoms with Gasteiger partial charge in [-0.25, -0.2) is 9.18 Å². The van der Waals surface area contributed by atoms with Crippen LogP contribution in [0.15, 0.2) is 60.7 Å². The largest absolute Gasteiger partial charge is 0.352 e.